The summed E-state index contributed by atoms with van der Waals surface area (Å²) in [5.41, 5.74) is 0.0811. The molecule has 3 unspecified atom stereocenters. The van der Waals surface area contributed by atoms with Gasteiger partial charge in [-0.05, 0) is 47.2 Å². The van der Waals surface area contributed by atoms with Crippen LogP contribution in [-0.4, -0.2) is 71.0 Å². The zero-order valence-electron chi connectivity index (χ0n) is 20.3. The highest BCUT2D eigenvalue weighted by atomic mass is 127. The summed E-state index contributed by atoms with van der Waals surface area (Å²) in [6.45, 7) is 0.138. The molecule has 0 aromatic heterocycles. The first-order chi connectivity index (χ1) is 17.1. The molecule has 0 aliphatic heterocycles. The fourth-order valence-electron chi connectivity index (χ4n) is 4.07. The maximum Gasteiger partial charge on any atom is 0.406 e. The minimum absolute atomic E-state index is 0.0472. The number of para-hydroxylation sites is 1. The molecule has 0 bridgehead atoms. The molecule has 3 atom stereocenters. The molecule has 11 heteroatoms. The summed E-state index contributed by atoms with van der Waals surface area (Å²) in [4.78, 5) is 26.3. The number of aliphatic hydroxyl groups excluding tert-OH is 2. The van der Waals surface area contributed by atoms with Crippen LogP contribution in [0.3, 0.4) is 0 Å². The summed E-state index contributed by atoms with van der Waals surface area (Å²) in [5, 5.41) is 22.6. The Morgan fingerprint density at radius 3 is 2.53 bits per heavy atom. The SMILES string of the molecule is CCCCCCCC(=O)N(CC(F)(F)F)C1CC(C(=O)NCCO)=CC(Oc2ccccc2I)C1O. The minimum atomic E-state index is -4.69. The summed E-state index contributed by atoms with van der Waals surface area (Å²) in [6, 6.07) is 5.58. The van der Waals surface area contributed by atoms with Gasteiger partial charge in [0.05, 0.1) is 16.2 Å². The number of ether oxygens (including phenoxy) is 1. The van der Waals surface area contributed by atoms with Crippen molar-refractivity contribution in [1.29, 1.82) is 0 Å². The number of rotatable bonds is 13. The summed E-state index contributed by atoms with van der Waals surface area (Å²) in [6.07, 6.45) is -2.31. The smallest absolute Gasteiger partial charge is 0.406 e. The van der Waals surface area contributed by atoms with Crippen LogP contribution in [0.1, 0.15) is 51.9 Å². The van der Waals surface area contributed by atoms with Crippen LogP contribution in [0.4, 0.5) is 13.2 Å². The van der Waals surface area contributed by atoms with Gasteiger partial charge in [0.25, 0.3) is 0 Å². The number of unbranched alkanes of at least 4 members (excludes halogenated alkanes) is 4. The van der Waals surface area contributed by atoms with E-state index in [1.54, 1.807) is 24.3 Å². The third kappa shape index (κ3) is 9.55. The predicted octanol–water partition coefficient (Wildman–Crippen LogP) is 3.96. The first-order valence-corrected chi connectivity index (χ1v) is 13.2. The number of alkyl halides is 3. The van der Waals surface area contributed by atoms with Gasteiger partial charge in [-0.2, -0.15) is 13.2 Å². The van der Waals surface area contributed by atoms with Gasteiger partial charge in [-0.25, -0.2) is 0 Å². The van der Waals surface area contributed by atoms with Crippen LogP contribution < -0.4 is 10.1 Å². The second-order valence-electron chi connectivity index (χ2n) is 8.75. The van der Waals surface area contributed by atoms with Crippen LogP contribution in [0.15, 0.2) is 35.9 Å². The maximum atomic E-state index is 13.5. The Hall–Kier alpha value is -1.86. The van der Waals surface area contributed by atoms with Gasteiger partial charge < -0.3 is 25.2 Å². The molecule has 1 aliphatic rings. The monoisotopic (exact) mass is 626 g/mol. The largest absolute Gasteiger partial charge is 0.482 e. The van der Waals surface area contributed by atoms with Crippen molar-refractivity contribution in [2.45, 2.75) is 76.3 Å². The number of hydrogen-bond donors (Lipinski definition) is 3. The van der Waals surface area contributed by atoms with Crippen molar-refractivity contribution in [2.24, 2.45) is 0 Å². The lowest BCUT2D eigenvalue weighted by molar-refractivity contribution is -0.172. The number of aliphatic hydroxyl groups is 2. The molecule has 1 aromatic carbocycles. The maximum absolute atomic E-state index is 13.5. The number of carbonyl (C=O) groups is 2. The van der Waals surface area contributed by atoms with Crippen LogP contribution in [-0.2, 0) is 9.59 Å². The van der Waals surface area contributed by atoms with E-state index in [9.17, 15) is 27.9 Å². The van der Waals surface area contributed by atoms with Crippen LogP contribution in [0, 0.1) is 3.57 Å². The van der Waals surface area contributed by atoms with Crippen molar-refractivity contribution in [1.82, 2.24) is 10.2 Å². The van der Waals surface area contributed by atoms with E-state index < -0.39 is 42.8 Å². The van der Waals surface area contributed by atoms with Crippen molar-refractivity contribution < 1.29 is 37.7 Å². The highest BCUT2D eigenvalue weighted by Crippen LogP contribution is 2.31. The Kier molecular flexibility index (Phi) is 12.5. The van der Waals surface area contributed by atoms with E-state index in [0.717, 1.165) is 25.7 Å². The third-order valence-electron chi connectivity index (χ3n) is 5.88. The molecule has 0 radical (unpaired) electrons. The molecular formula is C25H34F3IN2O5. The van der Waals surface area contributed by atoms with Crippen LogP contribution in [0.25, 0.3) is 0 Å². The molecule has 0 saturated carbocycles. The first-order valence-electron chi connectivity index (χ1n) is 12.1. The summed E-state index contributed by atoms with van der Waals surface area (Å²) in [5.74, 6) is -0.937. The number of halogens is 4. The predicted molar refractivity (Wildman–Crippen MR) is 137 cm³/mol. The normalized spacial score (nSPS) is 20.0. The van der Waals surface area contributed by atoms with Gasteiger partial charge in [-0.1, -0.05) is 44.7 Å². The van der Waals surface area contributed by atoms with Crippen molar-refractivity contribution in [2.75, 3.05) is 19.7 Å². The van der Waals surface area contributed by atoms with Crippen molar-refractivity contribution >= 4 is 34.4 Å². The molecule has 2 amide bonds. The van der Waals surface area contributed by atoms with Gasteiger partial charge in [0.1, 0.15) is 24.5 Å². The number of nitrogens with zero attached hydrogens (tertiary/aromatic N) is 1. The van der Waals surface area contributed by atoms with Crippen molar-refractivity contribution in [3.8, 4) is 5.75 Å². The fourth-order valence-corrected chi connectivity index (χ4v) is 4.59. The molecule has 1 aromatic rings. The molecular weight excluding hydrogens is 592 g/mol. The van der Waals surface area contributed by atoms with E-state index in [-0.39, 0.29) is 31.6 Å². The van der Waals surface area contributed by atoms with E-state index in [0.29, 0.717) is 20.6 Å². The van der Waals surface area contributed by atoms with Gasteiger partial charge in [0.15, 0.2) is 0 Å². The van der Waals surface area contributed by atoms with Crippen molar-refractivity contribution in [3.05, 3.63) is 39.5 Å². The lowest BCUT2D eigenvalue weighted by Crippen LogP contribution is -2.57. The standard InChI is InChI=1S/C25H34F3IN2O5/c1-2-3-4-5-6-11-22(33)31(16-25(26,27)28)19-14-17(24(35)30-12-13-32)15-21(23(19)34)36-20-10-8-7-9-18(20)29/h7-10,15,19,21,23,32,34H,2-6,11-14,16H2,1H3,(H,30,35). The average molecular weight is 626 g/mol. The third-order valence-corrected chi connectivity index (χ3v) is 6.77. The highest BCUT2D eigenvalue weighted by molar-refractivity contribution is 14.1. The second kappa shape index (κ2) is 14.8. The van der Waals surface area contributed by atoms with Gasteiger partial charge in [0, 0.05) is 25.0 Å². The summed E-state index contributed by atoms with van der Waals surface area (Å²) < 4.78 is 47.2. The molecule has 0 spiro atoms. The lowest BCUT2D eigenvalue weighted by atomic mass is 9.88. The Labute approximate surface area is 223 Å². The average Bonchev–Trinajstić information content (AvgIpc) is 2.83. The van der Waals surface area contributed by atoms with Gasteiger partial charge in [-0.15, -0.1) is 0 Å². The highest BCUT2D eigenvalue weighted by Gasteiger charge is 2.44. The van der Waals surface area contributed by atoms with E-state index in [1.165, 1.54) is 6.08 Å². The Morgan fingerprint density at radius 2 is 1.89 bits per heavy atom. The molecule has 2 rings (SSSR count). The molecule has 1 aliphatic carbocycles. The Balaban J connectivity index is 2.34. The molecule has 3 N–H and O–H groups in total. The molecule has 0 fully saturated rings. The van der Waals surface area contributed by atoms with Gasteiger partial charge >= 0.3 is 6.18 Å². The number of amides is 2. The number of benzene rings is 1. The van der Waals surface area contributed by atoms with Crippen LogP contribution >= 0.6 is 22.6 Å². The Morgan fingerprint density at radius 1 is 1.19 bits per heavy atom. The second-order valence-corrected chi connectivity index (χ2v) is 9.91. The molecule has 0 heterocycles. The van der Waals surface area contributed by atoms with Gasteiger partial charge in [-0.3, -0.25) is 9.59 Å². The number of nitrogens with one attached hydrogen (secondary N) is 1. The molecule has 0 saturated heterocycles. The van der Waals surface area contributed by atoms with Crippen LogP contribution in [0.2, 0.25) is 0 Å². The molecule has 202 valence electrons. The minimum Gasteiger partial charge on any atom is -0.482 e. The van der Waals surface area contributed by atoms with Crippen molar-refractivity contribution in [3.63, 3.8) is 0 Å². The lowest BCUT2D eigenvalue weighted by Gasteiger charge is -2.40. The number of hydrogen-bond acceptors (Lipinski definition) is 5. The van der Waals surface area contributed by atoms with Gasteiger partial charge in [0.2, 0.25) is 11.8 Å². The number of carbonyl (C=O) groups excluding carboxylic acids is 2. The Bertz CT molecular complexity index is 897. The van der Waals surface area contributed by atoms with E-state index in [4.69, 9.17) is 9.84 Å². The zero-order valence-corrected chi connectivity index (χ0v) is 22.4. The molecule has 7 nitrogen and oxygen atoms in total. The molecule has 36 heavy (non-hydrogen) atoms. The summed E-state index contributed by atoms with van der Waals surface area (Å²) >= 11 is 2.02. The quantitative estimate of drug-likeness (QED) is 0.228. The van der Waals surface area contributed by atoms with E-state index in [2.05, 4.69) is 5.32 Å². The van der Waals surface area contributed by atoms with E-state index in [1.807, 2.05) is 29.5 Å². The topological polar surface area (TPSA) is 99.1 Å². The zero-order chi connectivity index (χ0) is 26.7. The van der Waals surface area contributed by atoms with Crippen LogP contribution in [0.5, 0.6) is 5.75 Å². The first kappa shape index (κ1) is 30.4. The fraction of sp³-hybridized carbons (Fsp3) is 0.600. The summed E-state index contributed by atoms with van der Waals surface area (Å²) in [7, 11) is 0. The van der Waals surface area contributed by atoms with E-state index >= 15 is 0 Å².